The molecule has 0 aliphatic heterocycles. The average molecular weight is 312 g/mol. The Morgan fingerprint density at radius 2 is 1.62 bits per heavy atom. The summed E-state index contributed by atoms with van der Waals surface area (Å²) in [4.78, 5) is 12.2. The Hall–Kier alpha value is -1.40. The first-order valence-electron chi connectivity index (χ1n) is 7.23. The van der Waals surface area contributed by atoms with Gasteiger partial charge in [-0.05, 0) is 51.0 Å². The summed E-state index contributed by atoms with van der Waals surface area (Å²) in [7, 11) is -3.52. The molecule has 1 rings (SSSR count). The minimum absolute atomic E-state index is 0.142. The SMILES string of the molecule is CCC(CC)NC(=O)c1ccc(S(=O)(=O)NC(C)C)cc1. The number of sulfonamides is 1. The largest absolute Gasteiger partial charge is 0.349 e. The summed E-state index contributed by atoms with van der Waals surface area (Å²) in [5.74, 6) is -0.176. The topological polar surface area (TPSA) is 75.3 Å². The number of amides is 1. The van der Waals surface area contributed by atoms with Gasteiger partial charge in [0.05, 0.1) is 4.90 Å². The number of nitrogens with one attached hydrogen (secondary N) is 2. The smallest absolute Gasteiger partial charge is 0.251 e. The van der Waals surface area contributed by atoms with Gasteiger partial charge in [-0.2, -0.15) is 0 Å². The molecule has 0 unspecified atom stereocenters. The minimum Gasteiger partial charge on any atom is -0.349 e. The quantitative estimate of drug-likeness (QED) is 0.811. The first-order valence-corrected chi connectivity index (χ1v) is 8.71. The van der Waals surface area contributed by atoms with E-state index in [4.69, 9.17) is 0 Å². The number of benzene rings is 1. The van der Waals surface area contributed by atoms with Gasteiger partial charge in [-0.15, -0.1) is 0 Å². The minimum atomic E-state index is -3.52. The highest BCUT2D eigenvalue weighted by Crippen LogP contribution is 2.11. The van der Waals surface area contributed by atoms with Gasteiger partial charge in [-0.1, -0.05) is 13.8 Å². The molecule has 1 amide bonds. The maximum Gasteiger partial charge on any atom is 0.251 e. The van der Waals surface area contributed by atoms with Crippen LogP contribution in [0.3, 0.4) is 0 Å². The van der Waals surface area contributed by atoms with Crippen LogP contribution in [0.2, 0.25) is 0 Å². The van der Waals surface area contributed by atoms with Crippen molar-refractivity contribution in [1.82, 2.24) is 10.0 Å². The van der Waals surface area contributed by atoms with Gasteiger partial charge in [-0.3, -0.25) is 4.79 Å². The molecule has 21 heavy (non-hydrogen) atoms. The fourth-order valence-corrected chi connectivity index (χ4v) is 3.18. The second kappa shape index (κ2) is 7.56. The number of rotatable bonds is 7. The molecule has 0 heterocycles. The first-order chi connectivity index (χ1) is 9.80. The van der Waals surface area contributed by atoms with Crippen LogP contribution in [0.25, 0.3) is 0 Å². The third kappa shape index (κ3) is 5.13. The third-order valence-corrected chi connectivity index (χ3v) is 4.81. The summed E-state index contributed by atoms with van der Waals surface area (Å²) in [5.41, 5.74) is 0.463. The van der Waals surface area contributed by atoms with E-state index in [0.29, 0.717) is 5.56 Å². The lowest BCUT2D eigenvalue weighted by Gasteiger charge is -2.15. The Labute approximate surface area is 127 Å². The zero-order valence-corrected chi connectivity index (χ0v) is 13.8. The van der Waals surface area contributed by atoms with Gasteiger partial charge in [-0.25, -0.2) is 13.1 Å². The number of hydrogen-bond donors (Lipinski definition) is 2. The molecular weight excluding hydrogens is 288 g/mol. The molecule has 0 atom stereocenters. The molecule has 5 nitrogen and oxygen atoms in total. The maximum absolute atomic E-state index is 12.0. The van der Waals surface area contributed by atoms with Gasteiger partial charge in [0.15, 0.2) is 0 Å². The number of carbonyl (C=O) groups is 1. The van der Waals surface area contributed by atoms with Crippen LogP contribution in [0.1, 0.15) is 50.9 Å². The van der Waals surface area contributed by atoms with Crippen molar-refractivity contribution in [3.63, 3.8) is 0 Å². The Kier molecular flexibility index (Phi) is 6.36. The van der Waals surface area contributed by atoms with Crippen LogP contribution >= 0.6 is 0 Å². The fraction of sp³-hybridized carbons (Fsp3) is 0.533. The molecular formula is C15H24N2O3S. The lowest BCUT2D eigenvalue weighted by atomic mass is 10.1. The van der Waals surface area contributed by atoms with E-state index in [-0.39, 0.29) is 22.9 Å². The predicted molar refractivity (Wildman–Crippen MR) is 83.7 cm³/mol. The van der Waals surface area contributed by atoms with Crippen LogP contribution in [-0.4, -0.2) is 26.4 Å². The van der Waals surface area contributed by atoms with Gasteiger partial charge in [0.25, 0.3) is 5.91 Å². The van der Waals surface area contributed by atoms with E-state index in [1.807, 2.05) is 13.8 Å². The van der Waals surface area contributed by atoms with Gasteiger partial charge in [0, 0.05) is 17.6 Å². The molecule has 6 heteroatoms. The van der Waals surface area contributed by atoms with E-state index < -0.39 is 10.0 Å². The van der Waals surface area contributed by atoms with E-state index in [2.05, 4.69) is 10.0 Å². The summed E-state index contributed by atoms with van der Waals surface area (Å²) >= 11 is 0. The van der Waals surface area contributed by atoms with E-state index in [1.54, 1.807) is 13.8 Å². The summed E-state index contributed by atoms with van der Waals surface area (Å²) < 4.78 is 26.5. The van der Waals surface area contributed by atoms with Crippen LogP contribution < -0.4 is 10.0 Å². The molecule has 0 saturated carbocycles. The molecule has 0 aliphatic rings. The second-order valence-corrected chi connectivity index (χ2v) is 7.00. The van der Waals surface area contributed by atoms with E-state index >= 15 is 0 Å². The van der Waals surface area contributed by atoms with Gasteiger partial charge < -0.3 is 5.32 Å². The molecule has 1 aromatic carbocycles. The van der Waals surface area contributed by atoms with Gasteiger partial charge in [0.1, 0.15) is 0 Å². The standard InChI is InChI=1S/C15H24N2O3S/c1-5-13(6-2)16-15(18)12-7-9-14(10-8-12)21(19,20)17-11(3)4/h7-11,13,17H,5-6H2,1-4H3,(H,16,18). The van der Waals surface area contributed by atoms with Crippen LogP contribution in [0.15, 0.2) is 29.2 Å². The average Bonchev–Trinajstić information content (AvgIpc) is 2.43. The number of carbonyl (C=O) groups excluding carboxylic acids is 1. The lowest BCUT2D eigenvalue weighted by Crippen LogP contribution is -2.34. The Bertz CT molecular complexity index is 561. The van der Waals surface area contributed by atoms with Crippen molar-refractivity contribution in [1.29, 1.82) is 0 Å². The van der Waals surface area contributed by atoms with Crippen molar-refractivity contribution >= 4 is 15.9 Å². The second-order valence-electron chi connectivity index (χ2n) is 5.29. The third-order valence-electron chi connectivity index (χ3n) is 3.14. The lowest BCUT2D eigenvalue weighted by molar-refractivity contribution is 0.0934. The molecule has 0 aliphatic carbocycles. The molecule has 0 spiro atoms. The fourth-order valence-electron chi connectivity index (χ4n) is 1.93. The van der Waals surface area contributed by atoms with Crippen molar-refractivity contribution in [3.8, 4) is 0 Å². The highest BCUT2D eigenvalue weighted by atomic mass is 32.2. The number of hydrogen-bond acceptors (Lipinski definition) is 3. The maximum atomic E-state index is 12.0. The molecule has 118 valence electrons. The normalized spacial score (nSPS) is 11.9. The van der Waals surface area contributed by atoms with Crippen LogP contribution in [-0.2, 0) is 10.0 Å². The Morgan fingerprint density at radius 3 is 2.05 bits per heavy atom. The molecule has 1 aromatic rings. The highest BCUT2D eigenvalue weighted by molar-refractivity contribution is 7.89. The van der Waals surface area contributed by atoms with Crippen molar-refractivity contribution in [2.24, 2.45) is 0 Å². The van der Waals surface area contributed by atoms with Crippen molar-refractivity contribution in [3.05, 3.63) is 29.8 Å². The molecule has 0 radical (unpaired) electrons. The summed E-state index contributed by atoms with van der Waals surface area (Å²) in [6, 6.07) is 5.94. The predicted octanol–water partition coefficient (Wildman–Crippen LogP) is 2.29. The zero-order valence-electron chi connectivity index (χ0n) is 13.0. The molecule has 2 N–H and O–H groups in total. The zero-order chi connectivity index (χ0) is 16.0. The van der Waals surface area contributed by atoms with Crippen LogP contribution in [0.4, 0.5) is 0 Å². The van der Waals surface area contributed by atoms with Crippen molar-refractivity contribution in [2.45, 2.75) is 57.5 Å². The molecule has 0 aromatic heterocycles. The highest BCUT2D eigenvalue weighted by Gasteiger charge is 2.16. The summed E-state index contributed by atoms with van der Waals surface area (Å²) in [6.45, 7) is 7.55. The molecule has 0 saturated heterocycles. The molecule has 0 fully saturated rings. The van der Waals surface area contributed by atoms with Crippen LogP contribution in [0.5, 0.6) is 0 Å². The Morgan fingerprint density at radius 1 is 1.10 bits per heavy atom. The first kappa shape index (κ1) is 17.7. The van der Waals surface area contributed by atoms with Gasteiger partial charge >= 0.3 is 0 Å². The molecule has 0 bridgehead atoms. The van der Waals surface area contributed by atoms with E-state index in [9.17, 15) is 13.2 Å². The van der Waals surface area contributed by atoms with Crippen molar-refractivity contribution in [2.75, 3.05) is 0 Å². The summed E-state index contributed by atoms with van der Waals surface area (Å²) in [6.07, 6.45) is 1.74. The van der Waals surface area contributed by atoms with Crippen LogP contribution in [0, 0.1) is 0 Å². The van der Waals surface area contributed by atoms with Crippen molar-refractivity contribution < 1.29 is 13.2 Å². The van der Waals surface area contributed by atoms with Gasteiger partial charge in [0.2, 0.25) is 10.0 Å². The summed E-state index contributed by atoms with van der Waals surface area (Å²) in [5, 5.41) is 2.92. The van der Waals surface area contributed by atoms with E-state index in [1.165, 1.54) is 24.3 Å². The van der Waals surface area contributed by atoms with E-state index in [0.717, 1.165) is 12.8 Å². The monoisotopic (exact) mass is 312 g/mol. The Balaban J connectivity index is 2.85.